The van der Waals surface area contributed by atoms with Gasteiger partial charge in [-0.25, -0.2) is 9.97 Å². The Labute approximate surface area is 181 Å². The molecule has 3 aromatic heterocycles. The van der Waals surface area contributed by atoms with Crippen LogP contribution in [0.2, 0.25) is 5.02 Å². The number of benzene rings is 1. The first-order chi connectivity index (χ1) is 14.5. The van der Waals surface area contributed by atoms with Crippen molar-refractivity contribution in [2.45, 2.75) is 27.3 Å². The summed E-state index contributed by atoms with van der Waals surface area (Å²) in [5.41, 5.74) is 6.12. The number of anilines is 1. The van der Waals surface area contributed by atoms with Crippen LogP contribution in [0.25, 0.3) is 16.7 Å². The van der Waals surface area contributed by atoms with E-state index in [0.29, 0.717) is 0 Å². The van der Waals surface area contributed by atoms with Gasteiger partial charge in [0.2, 0.25) is 0 Å². The summed E-state index contributed by atoms with van der Waals surface area (Å²) >= 11 is 6.01. The summed E-state index contributed by atoms with van der Waals surface area (Å²) in [5.74, 6) is 1.10. The Bertz CT molecular complexity index is 1220. The molecule has 0 unspecified atom stereocenters. The van der Waals surface area contributed by atoms with E-state index in [4.69, 9.17) is 21.7 Å². The molecule has 0 bridgehead atoms. The van der Waals surface area contributed by atoms with E-state index < -0.39 is 0 Å². The van der Waals surface area contributed by atoms with Crippen molar-refractivity contribution in [1.29, 1.82) is 0 Å². The van der Waals surface area contributed by atoms with Crippen molar-refractivity contribution in [2.24, 2.45) is 0 Å². The first-order valence-corrected chi connectivity index (χ1v) is 10.7. The highest BCUT2D eigenvalue weighted by Crippen LogP contribution is 2.27. The van der Waals surface area contributed by atoms with Gasteiger partial charge < -0.3 is 4.90 Å². The zero-order valence-electron chi connectivity index (χ0n) is 17.6. The van der Waals surface area contributed by atoms with Crippen LogP contribution >= 0.6 is 11.6 Å². The number of aryl methyl sites for hydroxylation is 3. The zero-order chi connectivity index (χ0) is 20.8. The Kier molecular flexibility index (Phi) is 4.83. The van der Waals surface area contributed by atoms with Crippen LogP contribution in [0.15, 0.2) is 36.4 Å². The normalized spacial score (nSPS) is 15.4. The van der Waals surface area contributed by atoms with Gasteiger partial charge in [-0.1, -0.05) is 23.7 Å². The Balaban J connectivity index is 1.43. The van der Waals surface area contributed by atoms with Crippen LogP contribution in [0.5, 0.6) is 0 Å². The Morgan fingerprint density at radius 2 is 1.60 bits per heavy atom. The highest BCUT2D eigenvalue weighted by atomic mass is 35.5. The molecule has 1 fully saturated rings. The van der Waals surface area contributed by atoms with Crippen LogP contribution in [-0.4, -0.2) is 50.7 Å². The summed E-state index contributed by atoms with van der Waals surface area (Å²) in [6.45, 7) is 11.0. The van der Waals surface area contributed by atoms with E-state index in [-0.39, 0.29) is 0 Å². The maximum atomic E-state index is 6.01. The minimum atomic E-state index is 0.772. The van der Waals surface area contributed by atoms with Crippen LogP contribution in [0.3, 0.4) is 0 Å². The number of fused-ring (bicyclic) bond motifs is 3. The summed E-state index contributed by atoms with van der Waals surface area (Å²) in [6.07, 6.45) is 0. The molecule has 0 amide bonds. The fourth-order valence-electron chi connectivity index (χ4n) is 4.33. The predicted molar refractivity (Wildman–Crippen MR) is 121 cm³/mol. The van der Waals surface area contributed by atoms with E-state index in [1.807, 2.05) is 23.6 Å². The van der Waals surface area contributed by atoms with Crippen LogP contribution in [0.4, 0.5) is 5.82 Å². The van der Waals surface area contributed by atoms with E-state index in [1.54, 1.807) is 0 Å². The molecule has 154 valence electrons. The molecule has 6 nitrogen and oxygen atoms in total. The van der Waals surface area contributed by atoms with Crippen LogP contribution < -0.4 is 4.90 Å². The highest BCUT2D eigenvalue weighted by molar-refractivity contribution is 6.30. The lowest BCUT2D eigenvalue weighted by Gasteiger charge is -2.36. The maximum absolute atomic E-state index is 6.01. The molecule has 5 rings (SSSR count). The van der Waals surface area contributed by atoms with Crippen molar-refractivity contribution in [2.75, 3.05) is 31.1 Å². The van der Waals surface area contributed by atoms with Gasteiger partial charge in [0.25, 0.3) is 0 Å². The summed E-state index contributed by atoms with van der Waals surface area (Å²) < 4.78 is 1.98. The molecule has 30 heavy (non-hydrogen) atoms. The molecule has 1 aliphatic heterocycles. The standard InChI is InChI=1S/C23H25ClN6/c1-15-12-16(2)25-22-21(15)23-26-17(3)13-20(30(23)27-22)29-10-8-28(9-11-29)14-18-4-6-19(24)7-5-18/h4-7,12-13H,8-11,14H2,1-3H3. The maximum Gasteiger partial charge on any atom is 0.184 e. The average Bonchev–Trinajstić information content (AvgIpc) is 3.08. The van der Waals surface area contributed by atoms with Gasteiger partial charge in [0.15, 0.2) is 11.3 Å². The molecule has 0 aliphatic carbocycles. The van der Waals surface area contributed by atoms with Crippen molar-refractivity contribution in [3.8, 4) is 0 Å². The minimum Gasteiger partial charge on any atom is -0.354 e. The second-order valence-corrected chi connectivity index (χ2v) is 8.60. The minimum absolute atomic E-state index is 0.772. The zero-order valence-corrected chi connectivity index (χ0v) is 18.3. The number of aromatic nitrogens is 4. The lowest BCUT2D eigenvalue weighted by molar-refractivity contribution is 0.249. The quantitative estimate of drug-likeness (QED) is 0.497. The van der Waals surface area contributed by atoms with Gasteiger partial charge in [0.05, 0.1) is 5.39 Å². The lowest BCUT2D eigenvalue weighted by atomic mass is 10.2. The third-order valence-electron chi connectivity index (χ3n) is 5.80. The molecule has 1 aliphatic rings. The highest BCUT2D eigenvalue weighted by Gasteiger charge is 2.22. The first kappa shape index (κ1) is 19.3. The number of piperazine rings is 1. The summed E-state index contributed by atoms with van der Waals surface area (Å²) in [7, 11) is 0. The molecule has 4 aromatic rings. The number of hydrogen-bond acceptors (Lipinski definition) is 5. The topological polar surface area (TPSA) is 49.6 Å². The van der Waals surface area contributed by atoms with E-state index in [9.17, 15) is 0 Å². The van der Waals surface area contributed by atoms with E-state index in [0.717, 1.165) is 71.6 Å². The van der Waals surface area contributed by atoms with Crippen LogP contribution in [-0.2, 0) is 6.54 Å². The van der Waals surface area contributed by atoms with Crippen molar-refractivity contribution < 1.29 is 0 Å². The molecular weight excluding hydrogens is 396 g/mol. The summed E-state index contributed by atoms with van der Waals surface area (Å²) in [4.78, 5) is 14.3. The first-order valence-electron chi connectivity index (χ1n) is 10.3. The van der Waals surface area contributed by atoms with Gasteiger partial charge in [-0.3, -0.25) is 4.90 Å². The largest absolute Gasteiger partial charge is 0.354 e. The molecular formula is C23H25ClN6. The van der Waals surface area contributed by atoms with Crippen molar-refractivity contribution in [1.82, 2.24) is 24.5 Å². The van der Waals surface area contributed by atoms with Gasteiger partial charge in [-0.05, 0) is 50.1 Å². The monoisotopic (exact) mass is 420 g/mol. The van der Waals surface area contributed by atoms with E-state index >= 15 is 0 Å². The third kappa shape index (κ3) is 3.50. The lowest BCUT2D eigenvalue weighted by Crippen LogP contribution is -2.46. The van der Waals surface area contributed by atoms with Crippen LogP contribution in [0.1, 0.15) is 22.5 Å². The SMILES string of the molecule is Cc1cc(C)c2c(n1)nn1c(N3CCN(Cc4ccc(Cl)cc4)CC3)cc(C)nc21. The van der Waals surface area contributed by atoms with Gasteiger partial charge in [-0.15, -0.1) is 5.10 Å². The number of halogens is 1. The van der Waals surface area contributed by atoms with Crippen LogP contribution in [0, 0.1) is 20.8 Å². The molecule has 7 heteroatoms. The summed E-state index contributed by atoms with van der Waals surface area (Å²) in [5, 5.41) is 6.66. The molecule has 1 aromatic carbocycles. The molecule has 0 N–H and O–H groups in total. The second kappa shape index (κ2) is 7.52. The van der Waals surface area contributed by atoms with Crippen molar-refractivity contribution in [3.63, 3.8) is 0 Å². The molecule has 0 atom stereocenters. The van der Waals surface area contributed by atoms with Gasteiger partial charge in [0.1, 0.15) is 5.82 Å². The Morgan fingerprint density at radius 1 is 0.900 bits per heavy atom. The second-order valence-electron chi connectivity index (χ2n) is 8.16. The van der Waals surface area contributed by atoms with Gasteiger partial charge in [-0.2, -0.15) is 4.52 Å². The Morgan fingerprint density at radius 3 is 2.33 bits per heavy atom. The van der Waals surface area contributed by atoms with Gasteiger partial charge >= 0.3 is 0 Å². The number of pyridine rings is 1. The third-order valence-corrected chi connectivity index (χ3v) is 6.05. The molecule has 1 saturated heterocycles. The van der Waals surface area contributed by atoms with E-state index in [2.05, 4.69) is 52.9 Å². The van der Waals surface area contributed by atoms with Crippen molar-refractivity contribution >= 4 is 34.1 Å². The van der Waals surface area contributed by atoms with Gasteiger partial charge in [0, 0.05) is 55.2 Å². The van der Waals surface area contributed by atoms with Crippen molar-refractivity contribution in [3.05, 3.63) is 63.9 Å². The Hall–Kier alpha value is -2.70. The molecule has 4 heterocycles. The number of nitrogens with zero attached hydrogens (tertiary/aromatic N) is 6. The average molecular weight is 421 g/mol. The predicted octanol–water partition coefficient (Wildman–Crippen LogP) is 4.18. The molecule has 0 radical (unpaired) electrons. The fraction of sp³-hybridized carbons (Fsp3) is 0.348. The molecule has 0 saturated carbocycles. The summed E-state index contributed by atoms with van der Waals surface area (Å²) in [6, 6.07) is 12.4. The number of rotatable bonds is 3. The fourth-order valence-corrected chi connectivity index (χ4v) is 4.46. The molecule has 0 spiro atoms. The number of hydrogen-bond donors (Lipinski definition) is 0. The smallest absolute Gasteiger partial charge is 0.184 e. The van der Waals surface area contributed by atoms with E-state index in [1.165, 1.54) is 11.1 Å².